The third-order valence-electron chi connectivity index (χ3n) is 4.52. The van der Waals surface area contributed by atoms with Gasteiger partial charge in [0, 0.05) is 5.57 Å². The molecular weight excluding hydrogens is 388 g/mol. The normalized spacial score (nSPS) is 11.7. The van der Waals surface area contributed by atoms with Gasteiger partial charge < -0.3 is 15.2 Å². The Morgan fingerprint density at radius 1 is 1.14 bits per heavy atom. The lowest BCUT2D eigenvalue weighted by Gasteiger charge is -2.08. The summed E-state index contributed by atoms with van der Waals surface area (Å²) >= 11 is 0.984. The van der Waals surface area contributed by atoms with Crippen molar-refractivity contribution in [3.63, 3.8) is 0 Å². The summed E-state index contributed by atoms with van der Waals surface area (Å²) in [7, 11) is 0. The van der Waals surface area contributed by atoms with Gasteiger partial charge in [0.1, 0.15) is 21.3 Å². The molecule has 2 aromatic carbocycles. The van der Waals surface area contributed by atoms with Crippen molar-refractivity contribution in [2.45, 2.75) is 6.92 Å². The Morgan fingerprint density at radius 3 is 2.59 bits per heavy atom. The van der Waals surface area contributed by atoms with E-state index in [0.717, 1.165) is 22.5 Å². The average molecular weight is 404 g/mol. The number of rotatable bonds is 4. The van der Waals surface area contributed by atoms with E-state index < -0.39 is 5.97 Å². The number of carbonyl (C=O) groups is 1. The number of H-pyrrole nitrogens is 1. The molecule has 0 saturated carbocycles. The summed E-state index contributed by atoms with van der Waals surface area (Å²) in [4.78, 5) is 32.0. The molecule has 7 heteroatoms. The molecule has 3 N–H and O–H groups in total. The molecule has 29 heavy (non-hydrogen) atoms. The second kappa shape index (κ2) is 7.37. The third-order valence-corrected chi connectivity index (χ3v) is 5.69. The Morgan fingerprint density at radius 2 is 1.90 bits per heavy atom. The van der Waals surface area contributed by atoms with Crippen molar-refractivity contribution in [3.05, 3.63) is 92.3 Å². The molecule has 0 bridgehead atoms. The van der Waals surface area contributed by atoms with E-state index in [1.165, 1.54) is 0 Å². The Balaban J connectivity index is 1.97. The zero-order valence-electron chi connectivity index (χ0n) is 15.3. The number of fused-ring (bicyclic) bond motifs is 1. The van der Waals surface area contributed by atoms with Crippen LogP contribution in [0, 0.1) is 6.92 Å². The van der Waals surface area contributed by atoms with E-state index in [1.54, 1.807) is 25.1 Å². The van der Waals surface area contributed by atoms with Crippen molar-refractivity contribution >= 4 is 39.2 Å². The standard InChI is InChI=1S/C22H16N2O4S/c1-12-17-20(26)23-19(24-21(17)29-18(12)22(27)28)16(14-7-3-2-4-8-14)11-13-6-5-9-15(25)10-13/h2-11,25H,1H3,(H,27,28)(H,23,24,26)/b16-11-. The lowest BCUT2D eigenvalue weighted by Crippen LogP contribution is -2.11. The summed E-state index contributed by atoms with van der Waals surface area (Å²) in [6.45, 7) is 1.61. The highest BCUT2D eigenvalue weighted by Gasteiger charge is 2.20. The number of nitrogens with zero attached hydrogens (tertiary/aromatic N) is 1. The lowest BCUT2D eigenvalue weighted by molar-refractivity contribution is 0.0701. The first kappa shape index (κ1) is 18.6. The maximum Gasteiger partial charge on any atom is 0.346 e. The SMILES string of the molecule is Cc1c(C(=O)O)sc2nc(/C(=C\c3cccc(O)c3)c3ccccc3)[nH]c(=O)c12. The van der Waals surface area contributed by atoms with Crippen LogP contribution in [0.25, 0.3) is 21.9 Å². The Bertz CT molecular complexity index is 1320. The van der Waals surface area contributed by atoms with Gasteiger partial charge in [0.2, 0.25) is 0 Å². The molecule has 0 amide bonds. The minimum Gasteiger partial charge on any atom is -0.508 e. The predicted octanol–water partition coefficient (Wildman–Crippen LogP) is 4.29. The second-order valence-electron chi connectivity index (χ2n) is 6.48. The summed E-state index contributed by atoms with van der Waals surface area (Å²) in [5.41, 5.74) is 2.24. The van der Waals surface area contributed by atoms with Crippen LogP contribution in [0.3, 0.4) is 0 Å². The summed E-state index contributed by atoms with van der Waals surface area (Å²) in [6, 6.07) is 16.2. The van der Waals surface area contributed by atoms with Crippen molar-refractivity contribution < 1.29 is 15.0 Å². The highest BCUT2D eigenvalue weighted by Crippen LogP contribution is 2.30. The predicted molar refractivity (Wildman–Crippen MR) is 113 cm³/mol. The van der Waals surface area contributed by atoms with E-state index in [2.05, 4.69) is 9.97 Å². The van der Waals surface area contributed by atoms with E-state index in [4.69, 9.17) is 0 Å². The molecule has 144 valence electrons. The van der Waals surface area contributed by atoms with Gasteiger partial charge in [-0.05, 0) is 41.8 Å². The average Bonchev–Trinajstić information content (AvgIpc) is 3.04. The summed E-state index contributed by atoms with van der Waals surface area (Å²) in [6.07, 6.45) is 1.82. The number of aromatic hydroxyl groups is 1. The molecular formula is C22H16N2O4S. The van der Waals surface area contributed by atoms with E-state index >= 15 is 0 Å². The van der Waals surface area contributed by atoms with E-state index in [-0.39, 0.29) is 16.2 Å². The number of carboxylic acids is 1. The zero-order chi connectivity index (χ0) is 20.5. The van der Waals surface area contributed by atoms with Crippen molar-refractivity contribution in [2.75, 3.05) is 0 Å². The number of aromatic amines is 1. The fourth-order valence-electron chi connectivity index (χ4n) is 3.16. The van der Waals surface area contributed by atoms with Crippen LogP contribution in [0.15, 0.2) is 59.4 Å². The highest BCUT2D eigenvalue weighted by molar-refractivity contribution is 7.20. The molecule has 0 aliphatic carbocycles. The van der Waals surface area contributed by atoms with Crippen LogP contribution >= 0.6 is 11.3 Å². The van der Waals surface area contributed by atoms with Gasteiger partial charge in [-0.3, -0.25) is 4.79 Å². The molecule has 4 aromatic rings. The number of aryl methyl sites for hydroxylation is 1. The van der Waals surface area contributed by atoms with Gasteiger partial charge in [-0.2, -0.15) is 0 Å². The molecule has 2 aromatic heterocycles. The Kier molecular flexibility index (Phi) is 4.74. The smallest absolute Gasteiger partial charge is 0.346 e. The molecule has 6 nitrogen and oxygen atoms in total. The molecule has 0 aliphatic heterocycles. The number of hydrogen-bond acceptors (Lipinski definition) is 5. The van der Waals surface area contributed by atoms with E-state index in [0.29, 0.717) is 27.2 Å². The monoisotopic (exact) mass is 404 g/mol. The first-order valence-corrected chi connectivity index (χ1v) is 9.59. The largest absolute Gasteiger partial charge is 0.508 e. The first-order chi connectivity index (χ1) is 13.9. The van der Waals surface area contributed by atoms with Crippen LogP contribution in [-0.4, -0.2) is 26.2 Å². The van der Waals surface area contributed by atoms with Crippen molar-refractivity contribution in [1.29, 1.82) is 0 Å². The molecule has 0 atom stereocenters. The number of carboxylic acid groups (broad SMARTS) is 1. The number of aromatic carboxylic acids is 1. The van der Waals surface area contributed by atoms with Crippen molar-refractivity contribution in [3.8, 4) is 5.75 Å². The Hall–Kier alpha value is -3.71. The molecule has 2 heterocycles. The highest BCUT2D eigenvalue weighted by atomic mass is 32.1. The van der Waals surface area contributed by atoms with Crippen LogP contribution < -0.4 is 5.56 Å². The molecule has 0 unspecified atom stereocenters. The molecule has 0 spiro atoms. The van der Waals surface area contributed by atoms with Gasteiger partial charge >= 0.3 is 5.97 Å². The van der Waals surface area contributed by atoms with Crippen LogP contribution in [-0.2, 0) is 0 Å². The van der Waals surface area contributed by atoms with E-state index in [1.807, 2.05) is 42.5 Å². The maximum atomic E-state index is 12.7. The fraction of sp³-hybridized carbons (Fsp3) is 0.0455. The summed E-state index contributed by atoms with van der Waals surface area (Å²) in [5, 5.41) is 19.4. The molecule has 0 fully saturated rings. The minimum atomic E-state index is -1.08. The first-order valence-electron chi connectivity index (χ1n) is 8.77. The quantitative estimate of drug-likeness (QED) is 0.440. The fourth-order valence-corrected chi connectivity index (χ4v) is 4.18. The zero-order valence-corrected chi connectivity index (χ0v) is 16.2. The van der Waals surface area contributed by atoms with Gasteiger partial charge in [-0.25, -0.2) is 9.78 Å². The number of phenolic OH excluding ortho intramolecular Hbond substituents is 1. The summed E-state index contributed by atoms with van der Waals surface area (Å²) in [5.74, 6) is -0.622. The van der Waals surface area contributed by atoms with Crippen molar-refractivity contribution in [2.24, 2.45) is 0 Å². The Labute approximate surface area is 169 Å². The molecule has 0 saturated heterocycles. The maximum absolute atomic E-state index is 12.7. The number of thiophene rings is 1. The van der Waals surface area contributed by atoms with Gasteiger partial charge in [-0.1, -0.05) is 42.5 Å². The second-order valence-corrected chi connectivity index (χ2v) is 7.47. The van der Waals surface area contributed by atoms with Crippen LogP contribution in [0.2, 0.25) is 0 Å². The van der Waals surface area contributed by atoms with Gasteiger partial charge in [0.05, 0.1) is 5.39 Å². The molecule has 0 radical (unpaired) electrons. The number of benzene rings is 2. The van der Waals surface area contributed by atoms with Crippen LogP contribution in [0.4, 0.5) is 0 Å². The lowest BCUT2D eigenvalue weighted by atomic mass is 10.0. The van der Waals surface area contributed by atoms with Crippen molar-refractivity contribution in [1.82, 2.24) is 9.97 Å². The van der Waals surface area contributed by atoms with Gasteiger partial charge in [0.15, 0.2) is 0 Å². The van der Waals surface area contributed by atoms with Gasteiger partial charge in [-0.15, -0.1) is 11.3 Å². The number of hydrogen-bond donors (Lipinski definition) is 3. The van der Waals surface area contributed by atoms with Gasteiger partial charge in [0.25, 0.3) is 5.56 Å². The molecule has 0 aliphatic rings. The van der Waals surface area contributed by atoms with E-state index in [9.17, 15) is 19.8 Å². The topological polar surface area (TPSA) is 103 Å². The number of aromatic nitrogens is 2. The minimum absolute atomic E-state index is 0.105. The number of nitrogens with one attached hydrogen (secondary N) is 1. The molecule has 4 rings (SSSR count). The third kappa shape index (κ3) is 3.55. The number of phenols is 1. The summed E-state index contributed by atoms with van der Waals surface area (Å²) < 4.78 is 0. The van der Waals surface area contributed by atoms with Crippen LogP contribution in [0.5, 0.6) is 5.75 Å². The van der Waals surface area contributed by atoms with Crippen LogP contribution in [0.1, 0.15) is 32.2 Å².